The molecule has 0 unspecified atom stereocenters. The normalized spacial score (nSPS) is 11.0. The molecule has 0 aliphatic carbocycles. The first kappa shape index (κ1) is 12.2. The van der Waals surface area contributed by atoms with E-state index < -0.39 is 0 Å². The number of rotatable bonds is 2. The van der Waals surface area contributed by atoms with Gasteiger partial charge in [0, 0.05) is 10.8 Å². The number of esters is 1. The van der Waals surface area contributed by atoms with Crippen LogP contribution in [0.2, 0.25) is 0 Å². The summed E-state index contributed by atoms with van der Waals surface area (Å²) in [6, 6.07) is 16.8. The van der Waals surface area contributed by atoms with Crippen molar-refractivity contribution in [1.29, 1.82) is 0 Å². The van der Waals surface area contributed by atoms with Gasteiger partial charge in [-0.1, -0.05) is 24.3 Å². The molecule has 0 aliphatic heterocycles. The van der Waals surface area contributed by atoms with Crippen molar-refractivity contribution in [3.8, 4) is 5.75 Å². The Bertz CT molecular complexity index is 935. The summed E-state index contributed by atoms with van der Waals surface area (Å²) in [6.45, 7) is 0. The zero-order valence-corrected chi connectivity index (χ0v) is 11.7. The van der Waals surface area contributed by atoms with E-state index in [1.54, 1.807) is 12.1 Å². The number of hydrogen-bond donors (Lipinski definition) is 0. The van der Waals surface area contributed by atoms with Gasteiger partial charge in [-0.3, -0.25) is 0 Å². The second kappa shape index (κ2) is 4.75. The minimum atomic E-state index is -0.336. The molecule has 0 amide bonds. The first-order valence-electron chi connectivity index (χ1n) is 6.48. The van der Waals surface area contributed by atoms with E-state index >= 15 is 0 Å². The Balaban J connectivity index is 1.76. The number of fused-ring (bicyclic) bond motifs is 3. The molecule has 0 saturated carbocycles. The number of thiophene rings is 1. The van der Waals surface area contributed by atoms with Gasteiger partial charge in [0.25, 0.3) is 0 Å². The van der Waals surface area contributed by atoms with Crippen molar-refractivity contribution in [2.45, 2.75) is 0 Å². The molecule has 4 rings (SSSR count). The van der Waals surface area contributed by atoms with Crippen molar-refractivity contribution in [3.05, 3.63) is 64.9 Å². The highest BCUT2D eigenvalue weighted by atomic mass is 32.1. The van der Waals surface area contributed by atoms with Crippen LogP contribution >= 0.6 is 11.3 Å². The van der Waals surface area contributed by atoms with Crippen LogP contribution in [-0.2, 0) is 0 Å². The summed E-state index contributed by atoms with van der Waals surface area (Å²) in [7, 11) is 0. The zero-order valence-electron chi connectivity index (χ0n) is 10.9. The van der Waals surface area contributed by atoms with Gasteiger partial charge in [0.15, 0.2) is 0 Å². The van der Waals surface area contributed by atoms with Gasteiger partial charge in [0.1, 0.15) is 21.8 Å². The largest absolute Gasteiger partial charge is 0.456 e. The van der Waals surface area contributed by atoms with Crippen molar-refractivity contribution >= 4 is 39.2 Å². The number of hydrogen-bond acceptors (Lipinski definition) is 4. The fraction of sp³-hybridized carbons (Fsp3) is 0. The van der Waals surface area contributed by atoms with E-state index in [0.717, 1.165) is 21.9 Å². The number of carbonyl (C=O) groups is 1. The molecule has 0 aliphatic rings. The lowest BCUT2D eigenvalue weighted by Gasteiger charge is -2.02. The highest BCUT2D eigenvalue weighted by Crippen LogP contribution is 2.31. The van der Waals surface area contributed by atoms with E-state index in [0.29, 0.717) is 10.6 Å². The van der Waals surface area contributed by atoms with Crippen molar-refractivity contribution in [2.24, 2.45) is 0 Å². The lowest BCUT2D eigenvalue weighted by atomic mass is 10.1. The molecule has 0 N–H and O–H groups in total. The minimum Gasteiger partial charge on any atom is -0.456 e. The highest BCUT2D eigenvalue weighted by Gasteiger charge is 2.12. The van der Waals surface area contributed by atoms with Crippen LogP contribution in [0.1, 0.15) is 9.67 Å². The topological polar surface area (TPSA) is 39.4 Å². The molecule has 102 valence electrons. The van der Waals surface area contributed by atoms with Gasteiger partial charge in [-0.15, -0.1) is 11.3 Å². The van der Waals surface area contributed by atoms with Crippen molar-refractivity contribution < 1.29 is 13.9 Å². The Kier molecular flexibility index (Phi) is 2.75. The van der Waals surface area contributed by atoms with Crippen LogP contribution in [0.25, 0.3) is 21.9 Å². The number of para-hydroxylation sites is 1. The van der Waals surface area contributed by atoms with E-state index in [-0.39, 0.29) is 5.97 Å². The van der Waals surface area contributed by atoms with Gasteiger partial charge in [0.2, 0.25) is 0 Å². The third-order valence-corrected chi connectivity index (χ3v) is 4.13. The summed E-state index contributed by atoms with van der Waals surface area (Å²) in [5, 5.41) is 3.81. The molecule has 3 nitrogen and oxygen atoms in total. The zero-order chi connectivity index (χ0) is 14.2. The number of benzene rings is 2. The average Bonchev–Trinajstić information content (AvgIpc) is 3.14. The molecule has 0 fully saturated rings. The molecule has 4 aromatic rings. The maximum absolute atomic E-state index is 12.0. The third kappa shape index (κ3) is 2.10. The summed E-state index contributed by atoms with van der Waals surface area (Å²) in [6.07, 6.45) is 0. The molecule has 0 atom stereocenters. The molecule has 0 radical (unpaired) electrons. The summed E-state index contributed by atoms with van der Waals surface area (Å²) in [5.74, 6) is 0.185. The lowest BCUT2D eigenvalue weighted by molar-refractivity contribution is 0.0740. The van der Waals surface area contributed by atoms with E-state index in [1.807, 2.05) is 47.8 Å². The second-order valence-electron chi connectivity index (χ2n) is 4.62. The predicted octanol–water partition coefficient (Wildman–Crippen LogP) is 4.87. The van der Waals surface area contributed by atoms with Crippen LogP contribution in [0.4, 0.5) is 0 Å². The minimum absolute atomic E-state index is 0.336. The van der Waals surface area contributed by atoms with Crippen LogP contribution in [0, 0.1) is 0 Å². The molecule has 0 saturated heterocycles. The van der Waals surface area contributed by atoms with Crippen LogP contribution in [0.15, 0.2) is 64.4 Å². The van der Waals surface area contributed by atoms with Crippen molar-refractivity contribution in [3.63, 3.8) is 0 Å². The fourth-order valence-corrected chi connectivity index (χ4v) is 2.92. The number of ether oxygens (including phenoxy) is 1. The second-order valence-corrected chi connectivity index (χ2v) is 5.57. The van der Waals surface area contributed by atoms with Gasteiger partial charge in [0.05, 0.1) is 0 Å². The van der Waals surface area contributed by atoms with Gasteiger partial charge in [-0.2, -0.15) is 0 Å². The Hall–Kier alpha value is -2.59. The Labute approximate surface area is 124 Å². The molecular weight excluding hydrogens is 284 g/mol. The van der Waals surface area contributed by atoms with Crippen LogP contribution < -0.4 is 4.74 Å². The monoisotopic (exact) mass is 294 g/mol. The van der Waals surface area contributed by atoms with E-state index in [4.69, 9.17) is 9.15 Å². The number of carbonyl (C=O) groups excluding carboxylic acids is 1. The lowest BCUT2D eigenvalue weighted by Crippen LogP contribution is -2.05. The molecule has 0 bridgehead atoms. The summed E-state index contributed by atoms with van der Waals surface area (Å²) in [4.78, 5) is 12.6. The summed E-state index contributed by atoms with van der Waals surface area (Å²) < 4.78 is 11.2. The Morgan fingerprint density at radius 2 is 1.81 bits per heavy atom. The van der Waals surface area contributed by atoms with Gasteiger partial charge < -0.3 is 9.15 Å². The first-order chi connectivity index (χ1) is 10.3. The molecule has 2 aromatic heterocycles. The molecular formula is C17H10O3S. The van der Waals surface area contributed by atoms with Crippen molar-refractivity contribution in [1.82, 2.24) is 0 Å². The summed E-state index contributed by atoms with van der Waals surface area (Å²) >= 11 is 1.37. The SMILES string of the molecule is O=C(Oc1ccc2oc3ccccc3c2c1)c1cccs1. The predicted molar refractivity (Wildman–Crippen MR) is 83.0 cm³/mol. The van der Waals surface area contributed by atoms with E-state index in [2.05, 4.69) is 0 Å². The average molecular weight is 294 g/mol. The maximum Gasteiger partial charge on any atom is 0.353 e. The highest BCUT2D eigenvalue weighted by molar-refractivity contribution is 7.12. The van der Waals surface area contributed by atoms with Crippen LogP contribution in [-0.4, -0.2) is 5.97 Å². The molecule has 2 heterocycles. The first-order valence-corrected chi connectivity index (χ1v) is 7.36. The quantitative estimate of drug-likeness (QED) is 0.391. The van der Waals surface area contributed by atoms with Gasteiger partial charge in [-0.25, -0.2) is 4.79 Å². The van der Waals surface area contributed by atoms with Crippen LogP contribution in [0.5, 0.6) is 5.75 Å². The van der Waals surface area contributed by atoms with Crippen LogP contribution in [0.3, 0.4) is 0 Å². The summed E-state index contributed by atoms with van der Waals surface area (Å²) in [5.41, 5.74) is 1.61. The molecule has 4 heteroatoms. The molecule has 2 aromatic carbocycles. The van der Waals surface area contributed by atoms with Crippen molar-refractivity contribution in [2.75, 3.05) is 0 Å². The van der Waals surface area contributed by atoms with Gasteiger partial charge in [-0.05, 0) is 35.7 Å². The van der Waals surface area contributed by atoms with Gasteiger partial charge >= 0.3 is 5.97 Å². The Morgan fingerprint density at radius 3 is 2.67 bits per heavy atom. The Morgan fingerprint density at radius 1 is 0.952 bits per heavy atom. The fourth-order valence-electron chi connectivity index (χ4n) is 2.32. The molecule has 21 heavy (non-hydrogen) atoms. The smallest absolute Gasteiger partial charge is 0.353 e. The standard InChI is InChI=1S/C17H10O3S/c18-17(16-6-3-9-21-16)19-11-7-8-15-13(10-11)12-4-1-2-5-14(12)20-15/h1-10H. The number of furan rings is 1. The van der Waals surface area contributed by atoms with E-state index in [9.17, 15) is 4.79 Å². The van der Waals surface area contributed by atoms with E-state index in [1.165, 1.54) is 11.3 Å². The third-order valence-electron chi connectivity index (χ3n) is 3.28. The maximum atomic E-state index is 12.0. The molecule has 0 spiro atoms.